The Morgan fingerprint density at radius 1 is 0.524 bits per heavy atom. The van der Waals surface area contributed by atoms with Gasteiger partial charge in [-0.25, -0.2) is 0 Å². The molecular formula is C20H12O. The molecule has 0 aliphatic carbocycles. The van der Waals surface area contributed by atoms with Crippen molar-refractivity contribution in [3.8, 4) is 0 Å². The lowest BCUT2D eigenvalue weighted by Gasteiger charge is -2.06. The minimum Gasteiger partial charge on any atom is -0.464 e. The molecule has 0 bridgehead atoms. The molecule has 0 aliphatic heterocycles. The van der Waals surface area contributed by atoms with Crippen LogP contribution in [-0.4, -0.2) is 0 Å². The van der Waals surface area contributed by atoms with Crippen molar-refractivity contribution in [2.75, 3.05) is 0 Å². The SMILES string of the molecule is c1ccc2cc3cc4c(ccc5occc54)cc3cc2c1. The van der Waals surface area contributed by atoms with Gasteiger partial charge in [0.2, 0.25) is 0 Å². The van der Waals surface area contributed by atoms with Crippen molar-refractivity contribution in [3.63, 3.8) is 0 Å². The predicted octanol–water partition coefficient (Wildman–Crippen LogP) is 5.89. The molecule has 5 rings (SSSR count). The summed E-state index contributed by atoms with van der Waals surface area (Å²) in [6.45, 7) is 0. The van der Waals surface area contributed by atoms with Crippen LogP contribution in [0.4, 0.5) is 0 Å². The highest BCUT2D eigenvalue weighted by Crippen LogP contribution is 2.31. The standard InChI is InChI=1S/C20H12O/c1-2-4-14-10-17-12-19-15(11-16(17)9-13(14)3-1)5-6-20-18(19)7-8-21-20/h1-12H. The minimum absolute atomic E-state index is 0.947. The lowest BCUT2D eigenvalue weighted by Crippen LogP contribution is -1.79. The van der Waals surface area contributed by atoms with Crippen LogP contribution >= 0.6 is 0 Å². The Morgan fingerprint density at radius 2 is 1.24 bits per heavy atom. The fourth-order valence-corrected chi connectivity index (χ4v) is 3.22. The molecule has 0 spiro atoms. The average molecular weight is 268 g/mol. The summed E-state index contributed by atoms with van der Waals surface area (Å²) in [7, 11) is 0. The van der Waals surface area contributed by atoms with Crippen LogP contribution in [0.2, 0.25) is 0 Å². The first kappa shape index (κ1) is 10.9. The number of rotatable bonds is 0. The fraction of sp³-hybridized carbons (Fsp3) is 0. The molecule has 0 aliphatic rings. The highest BCUT2D eigenvalue weighted by molar-refractivity contribution is 6.12. The molecule has 5 aromatic rings. The van der Waals surface area contributed by atoms with Crippen molar-refractivity contribution in [3.05, 3.63) is 73.0 Å². The van der Waals surface area contributed by atoms with Gasteiger partial charge in [0, 0.05) is 5.39 Å². The van der Waals surface area contributed by atoms with Gasteiger partial charge in [0.25, 0.3) is 0 Å². The summed E-state index contributed by atoms with van der Waals surface area (Å²) in [5, 5.41) is 8.81. The molecule has 98 valence electrons. The van der Waals surface area contributed by atoms with Crippen molar-refractivity contribution >= 4 is 43.3 Å². The largest absolute Gasteiger partial charge is 0.464 e. The molecule has 1 heteroatoms. The Balaban J connectivity index is 2.00. The summed E-state index contributed by atoms with van der Waals surface area (Å²) in [4.78, 5) is 0. The fourth-order valence-electron chi connectivity index (χ4n) is 3.22. The third-order valence-corrected chi connectivity index (χ3v) is 4.27. The van der Waals surface area contributed by atoms with Crippen LogP contribution in [-0.2, 0) is 0 Å². The van der Waals surface area contributed by atoms with Crippen molar-refractivity contribution in [1.29, 1.82) is 0 Å². The third kappa shape index (κ3) is 1.52. The molecule has 0 N–H and O–H groups in total. The zero-order chi connectivity index (χ0) is 13.8. The zero-order valence-corrected chi connectivity index (χ0v) is 11.3. The van der Waals surface area contributed by atoms with E-state index in [1.807, 2.05) is 12.1 Å². The Kier molecular flexibility index (Phi) is 2.01. The van der Waals surface area contributed by atoms with Crippen molar-refractivity contribution in [2.45, 2.75) is 0 Å². The summed E-state index contributed by atoms with van der Waals surface area (Å²) >= 11 is 0. The van der Waals surface area contributed by atoms with Crippen molar-refractivity contribution in [1.82, 2.24) is 0 Å². The van der Waals surface area contributed by atoms with Crippen LogP contribution in [0.1, 0.15) is 0 Å². The molecule has 0 saturated carbocycles. The van der Waals surface area contributed by atoms with E-state index in [4.69, 9.17) is 4.42 Å². The average Bonchev–Trinajstić information content (AvgIpc) is 3.00. The topological polar surface area (TPSA) is 13.1 Å². The molecular weight excluding hydrogens is 256 g/mol. The van der Waals surface area contributed by atoms with Crippen LogP contribution in [0.3, 0.4) is 0 Å². The van der Waals surface area contributed by atoms with E-state index in [1.54, 1.807) is 6.26 Å². The van der Waals surface area contributed by atoms with Gasteiger partial charge in [-0.1, -0.05) is 30.3 Å². The summed E-state index contributed by atoms with van der Waals surface area (Å²) in [5.74, 6) is 0. The highest BCUT2D eigenvalue weighted by Gasteiger charge is 2.05. The summed E-state index contributed by atoms with van der Waals surface area (Å²) in [6, 6.07) is 23.8. The van der Waals surface area contributed by atoms with Crippen LogP contribution in [0.25, 0.3) is 43.3 Å². The molecule has 0 atom stereocenters. The first-order valence-corrected chi connectivity index (χ1v) is 7.11. The van der Waals surface area contributed by atoms with Crippen LogP contribution < -0.4 is 0 Å². The summed E-state index contributed by atoms with van der Waals surface area (Å²) in [6.07, 6.45) is 1.76. The van der Waals surface area contributed by atoms with Gasteiger partial charge in [-0.05, 0) is 68.7 Å². The number of furan rings is 1. The molecule has 4 aromatic carbocycles. The number of hydrogen-bond donors (Lipinski definition) is 0. The maximum Gasteiger partial charge on any atom is 0.134 e. The van der Waals surface area contributed by atoms with E-state index >= 15 is 0 Å². The van der Waals surface area contributed by atoms with E-state index in [-0.39, 0.29) is 0 Å². The van der Waals surface area contributed by atoms with Crippen LogP contribution in [0, 0.1) is 0 Å². The molecule has 1 heterocycles. The molecule has 0 amide bonds. The van der Waals surface area contributed by atoms with Crippen LogP contribution in [0.5, 0.6) is 0 Å². The van der Waals surface area contributed by atoms with Gasteiger partial charge < -0.3 is 4.42 Å². The minimum atomic E-state index is 0.947. The van der Waals surface area contributed by atoms with E-state index < -0.39 is 0 Å². The van der Waals surface area contributed by atoms with Gasteiger partial charge in [-0.15, -0.1) is 0 Å². The second-order valence-electron chi connectivity index (χ2n) is 5.52. The molecule has 1 nitrogen and oxygen atoms in total. The lowest BCUT2D eigenvalue weighted by atomic mass is 9.98. The number of fused-ring (bicyclic) bond motifs is 5. The van der Waals surface area contributed by atoms with Crippen molar-refractivity contribution in [2.24, 2.45) is 0 Å². The van der Waals surface area contributed by atoms with E-state index in [1.165, 1.54) is 37.7 Å². The van der Waals surface area contributed by atoms with Gasteiger partial charge in [0.15, 0.2) is 0 Å². The van der Waals surface area contributed by atoms with Gasteiger partial charge in [-0.2, -0.15) is 0 Å². The highest BCUT2D eigenvalue weighted by atomic mass is 16.3. The molecule has 0 fully saturated rings. The third-order valence-electron chi connectivity index (χ3n) is 4.27. The first-order valence-electron chi connectivity index (χ1n) is 7.11. The first-order chi connectivity index (χ1) is 10.4. The lowest BCUT2D eigenvalue weighted by molar-refractivity contribution is 0.616. The monoisotopic (exact) mass is 268 g/mol. The molecule has 0 saturated heterocycles. The van der Waals surface area contributed by atoms with E-state index in [0.717, 1.165) is 5.58 Å². The van der Waals surface area contributed by atoms with Gasteiger partial charge in [-0.3, -0.25) is 0 Å². The maximum absolute atomic E-state index is 5.51. The second kappa shape index (κ2) is 3.86. The zero-order valence-electron chi connectivity index (χ0n) is 11.3. The normalized spacial score (nSPS) is 11.8. The quantitative estimate of drug-likeness (QED) is 0.319. The Labute approximate surface area is 121 Å². The Hall–Kier alpha value is -2.80. The Bertz CT molecular complexity index is 1130. The summed E-state index contributed by atoms with van der Waals surface area (Å²) < 4.78 is 5.51. The molecule has 1 aromatic heterocycles. The second-order valence-corrected chi connectivity index (χ2v) is 5.52. The van der Waals surface area contributed by atoms with Gasteiger partial charge in [0.05, 0.1) is 6.26 Å². The molecule has 21 heavy (non-hydrogen) atoms. The van der Waals surface area contributed by atoms with Crippen molar-refractivity contribution < 1.29 is 4.42 Å². The number of hydrogen-bond acceptors (Lipinski definition) is 1. The maximum atomic E-state index is 5.51. The van der Waals surface area contributed by atoms with E-state index in [2.05, 4.69) is 54.6 Å². The van der Waals surface area contributed by atoms with Gasteiger partial charge in [0.1, 0.15) is 5.58 Å². The smallest absolute Gasteiger partial charge is 0.134 e. The molecule has 0 unspecified atom stereocenters. The summed E-state index contributed by atoms with van der Waals surface area (Å²) in [5.41, 5.74) is 0.947. The van der Waals surface area contributed by atoms with E-state index in [0.29, 0.717) is 0 Å². The predicted molar refractivity (Wildman–Crippen MR) is 88.7 cm³/mol. The van der Waals surface area contributed by atoms with Crippen LogP contribution in [0.15, 0.2) is 77.4 Å². The molecule has 0 radical (unpaired) electrons. The van der Waals surface area contributed by atoms with Gasteiger partial charge >= 0.3 is 0 Å². The number of benzene rings is 4. The Morgan fingerprint density at radius 3 is 2.05 bits per heavy atom. The van der Waals surface area contributed by atoms with E-state index in [9.17, 15) is 0 Å².